The van der Waals surface area contributed by atoms with Crippen LogP contribution in [-0.2, 0) is 14.3 Å². The highest BCUT2D eigenvalue weighted by Crippen LogP contribution is 2.10. The van der Waals surface area contributed by atoms with E-state index in [2.05, 4.69) is 0 Å². The molecule has 0 radical (unpaired) electrons. The summed E-state index contributed by atoms with van der Waals surface area (Å²) in [4.78, 5) is 25.1. The highest BCUT2D eigenvalue weighted by atomic mass is 16.5. The first kappa shape index (κ1) is 15.4. The summed E-state index contributed by atoms with van der Waals surface area (Å²) in [7, 11) is 0. The number of carbonyl (C=O) groups is 2. The van der Waals surface area contributed by atoms with Gasteiger partial charge < -0.3 is 14.4 Å². The number of hydrogen-bond acceptors (Lipinski definition) is 4. The first-order valence-electron chi connectivity index (χ1n) is 7.37. The van der Waals surface area contributed by atoms with E-state index in [0.29, 0.717) is 0 Å². The van der Waals surface area contributed by atoms with Crippen molar-refractivity contribution < 1.29 is 19.1 Å². The monoisotopic (exact) mass is 291 g/mol. The Balaban J connectivity index is 1.60. The zero-order valence-corrected chi connectivity index (χ0v) is 12.1. The van der Waals surface area contributed by atoms with E-state index in [-0.39, 0.29) is 25.5 Å². The molecule has 2 rings (SSSR count). The molecule has 1 aliphatic heterocycles. The van der Waals surface area contributed by atoms with Gasteiger partial charge in [0.15, 0.2) is 6.61 Å². The molecule has 1 aromatic rings. The number of amides is 1. The molecule has 0 aromatic heterocycles. The van der Waals surface area contributed by atoms with Crippen molar-refractivity contribution in [2.75, 3.05) is 26.3 Å². The lowest BCUT2D eigenvalue weighted by molar-refractivity contribution is -0.152. The van der Waals surface area contributed by atoms with Gasteiger partial charge in [-0.15, -0.1) is 0 Å². The quantitative estimate of drug-likeness (QED) is 0.752. The number of benzene rings is 1. The third kappa shape index (κ3) is 5.45. The first-order chi connectivity index (χ1) is 10.3. The van der Waals surface area contributed by atoms with E-state index in [0.717, 1.165) is 31.7 Å². The van der Waals surface area contributed by atoms with Crippen molar-refractivity contribution in [3.05, 3.63) is 30.3 Å². The minimum Gasteiger partial charge on any atom is -0.493 e. The summed E-state index contributed by atoms with van der Waals surface area (Å²) in [5.74, 6) is 0.206. The number of hydrogen-bond donors (Lipinski definition) is 0. The first-order valence-corrected chi connectivity index (χ1v) is 7.37. The zero-order chi connectivity index (χ0) is 14.9. The van der Waals surface area contributed by atoms with Gasteiger partial charge in [-0.1, -0.05) is 18.2 Å². The standard InChI is InChI=1S/C16H21NO4/c18-15(17-10-5-2-6-11-17)13-21-16(19)9-12-20-14-7-3-1-4-8-14/h1,3-4,7-8H,2,5-6,9-13H2. The summed E-state index contributed by atoms with van der Waals surface area (Å²) in [5, 5.41) is 0. The fraction of sp³-hybridized carbons (Fsp3) is 0.500. The fourth-order valence-corrected chi connectivity index (χ4v) is 2.22. The van der Waals surface area contributed by atoms with E-state index < -0.39 is 5.97 Å². The molecule has 5 nitrogen and oxygen atoms in total. The topological polar surface area (TPSA) is 55.8 Å². The third-order valence-corrected chi connectivity index (χ3v) is 3.38. The van der Waals surface area contributed by atoms with E-state index in [4.69, 9.17) is 9.47 Å². The Morgan fingerprint density at radius 3 is 2.48 bits per heavy atom. The predicted molar refractivity (Wildman–Crippen MR) is 77.9 cm³/mol. The smallest absolute Gasteiger partial charge is 0.309 e. The highest BCUT2D eigenvalue weighted by Gasteiger charge is 2.17. The second-order valence-electron chi connectivity index (χ2n) is 5.01. The Morgan fingerprint density at radius 2 is 1.76 bits per heavy atom. The third-order valence-electron chi connectivity index (χ3n) is 3.38. The number of esters is 1. The normalized spacial score (nSPS) is 14.6. The molecular weight excluding hydrogens is 270 g/mol. The highest BCUT2D eigenvalue weighted by molar-refractivity contribution is 5.80. The van der Waals surface area contributed by atoms with Gasteiger partial charge in [0.05, 0.1) is 13.0 Å². The summed E-state index contributed by atoms with van der Waals surface area (Å²) < 4.78 is 10.4. The van der Waals surface area contributed by atoms with Gasteiger partial charge in [-0.3, -0.25) is 9.59 Å². The van der Waals surface area contributed by atoms with Crippen molar-refractivity contribution in [3.8, 4) is 5.75 Å². The Hall–Kier alpha value is -2.04. The number of para-hydroxylation sites is 1. The van der Waals surface area contributed by atoms with Crippen molar-refractivity contribution in [1.29, 1.82) is 0 Å². The summed E-state index contributed by atoms with van der Waals surface area (Å²) in [6.45, 7) is 1.63. The lowest BCUT2D eigenvalue weighted by atomic mass is 10.1. The molecule has 0 aliphatic carbocycles. The second kappa shape index (κ2) is 8.29. The second-order valence-corrected chi connectivity index (χ2v) is 5.01. The van der Waals surface area contributed by atoms with E-state index in [1.807, 2.05) is 30.3 Å². The number of piperidine rings is 1. The van der Waals surface area contributed by atoms with E-state index in [1.54, 1.807) is 4.90 Å². The van der Waals surface area contributed by atoms with Gasteiger partial charge in [-0.05, 0) is 31.4 Å². The molecule has 1 aromatic carbocycles. The van der Waals surface area contributed by atoms with Crippen LogP contribution in [0.25, 0.3) is 0 Å². The van der Waals surface area contributed by atoms with Crippen LogP contribution in [0.5, 0.6) is 5.75 Å². The molecule has 1 amide bonds. The zero-order valence-electron chi connectivity index (χ0n) is 12.1. The molecule has 1 aliphatic rings. The van der Waals surface area contributed by atoms with Gasteiger partial charge in [0.1, 0.15) is 5.75 Å². The van der Waals surface area contributed by atoms with Gasteiger partial charge in [0, 0.05) is 13.1 Å². The molecule has 21 heavy (non-hydrogen) atoms. The predicted octanol–water partition coefficient (Wildman–Crippen LogP) is 2.01. The molecule has 114 valence electrons. The van der Waals surface area contributed by atoms with Gasteiger partial charge in [-0.2, -0.15) is 0 Å². The van der Waals surface area contributed by atoms with Crippen LogP contribution in [-0.4, -0.2) is 43.1 Å². The molecule has 0 bridgehead atoms. The summed E-state index contributed by atoms with van der Waals surface area (Å²) in [6, 6.07) is 9.28. The Kier molecular flexibility index (Phi) is 6.06. The summed E-state index contributed by atoms with van der Waals surface area (Å²) in [5.41, 5.74) is 0. The average Bonchev–Trinajstić information content (AvgIpc) is 2.54. The van der Waals surface area contributed by atoms with Crippen LogP contribution < -0.4 is 4.74 Å². The SMILES string of the molecule is O=C(CCOc1ccccc1)OCC(=O)N1CCCCC1. The average molecular weight is 291 g/mol. The van der Waals surface area contributed by atoms with Gasteiger partial charge in [0.2, 0.25) is 0 Å². The Labute approximate surface area is 124 Å². The summed E-state index contributed by atoms with van der Waals surface area (Å²) in [6.07, 6.45) is 3.37. The van der Waals surface area contributed by atoms with Crippen molar-refractivity contribution in [2.24, 2.45) is 0 Å². The molecule has 1 fully saturated rings. The molecular formula is C16H21NO4. The van der Waals surface area contributed by atoms with Crippen LogP contribution in [0, 0.1) is 0 Å². The van der Waals surface area contributed by atoms with E-state index in [1.165, 1.54) is 6.42 Å². The van der Waals surface area contributed by atoms with E-state index >= 15 is 0 Å². The minimum absolute atomic E-state index is 0.105. The van der Waals surface area contributed by atoms with Gasteiger partial charge in [0.25, 0.3) is 5.91 Å². The largest absolute Gasteiger partial charge is 0.493 e. The van der Waals surface area contributed by atoms with Crippen molar-refractivity contribution in [1.82, 2.24) is 4.90 Å². The van der Waals surface area contributed by atoms with Crippen molar-refractivity contribution >= 4 is 11.9 Å². The van der Waals surface area contributed by atoms with Crippen LogP contribution in [0.2, 0.25) is 0 Å². The minimum atomic E-state index is -0.406. The van der Waals surface area contributed by atoms with Crippen LogP contribution >= 0.6 is 0 Å². The molecule has 0 saturated carbocycles. The molecule has 0 atom stereocenters. The Morgan fingerprint density at radius 1 is 1.05 bits per heavy atom. The molecule has 0 spiro atoms. The molecule has 0 N–H and O–H groups in total. The Bertz CT molecular complexity index is 455. The molecule has 0 unspecified atom stereocenters. The maximum Gasteiger partial charge on any atom is 0.309 e. The maximum absolute atomic E-state index is 11.8. The number of likely N-dealkylation sites (tertiary alicyclic amines) is 1. The summed E-state index contributed by atoms with van der Waals surface area (Å²) >= 11 is 0. The van der Waals surface area contributed by atoms with Gasteiger partial charge >= 0.3 is 5.97 Å². The molecule has 1 heterocycles. The fourth-order valence-electron chi connectivity index (χ4n) is 2.22. The lowest BCUT2D eigenvalue weighted by Crippen LogP contribution is -2.38. The van der Waals surface area contributed by atoms with Crippen LogP contribution in [0.3, 0.4) is 0 Å². The number of ether oxygens (including phenoxy) is 2. The van der Waals surface area contributed by atoms with Gasteiger partial charge in [-0.25, -0.2) is 0 Å². The lowest BCUT2D eigenvalue weighted by Gasteiger charge is -2.26. The van der Waals surface area contributed by atoms with Crippen LogP contribution in [0.4, 0.5) is 0 Å². The number of carbonyl (C=O) groups excluding carboxylic acids is 2. The maximum atomic E-state index is 11.8. The van der Waals surface area contributed by atoms with Crippen LogP contribution in [0.1, 0.15) is 25.7 Å². The number of rotatable bonds is 6. The van der Waals surface area contributed by atoms with Crippen LogP contribution in [0.15, 0.2) is 30.3 Å². The molecule has 5 heteroatoms. The van der Waals surface area contributed by atoms with E-state index in [9.17, 15) is 9.59 Å². The number of nitrogens with zero attached hydrogens (tertiary/aromatic N) is 1. The molecule has 1 saturated heterocycles. The van der Waals surface area contributed by atoms with Crippen molar-refractivity contribution in [2.45, 2.75) is 25.7 Å². The van der Waals surface area contributed by atoms with Crippen molar-refractivity contribution in [3.63, 3.8) is 0 Å².